The van der Waals surface area contributed by atoms with Crippen LogP contribution in [0.15, 0.2) is 0 Å². The standard InChI is InChI=1S/C13H18IN5O2/c1-13(2,3)11-16-7-8(18(11)4)6(14)9(15)17-10(7)19(5)12(20)21/h1-5H3,(H2,15,17)(H,20,21). The maximum atomic E-state index is 11.2. The quantitative estimate of drug-likeness (QED) is 0.714. The maximum absolute atomic E-state index is 11.2. The molecule has 0 unspecified atom stereocenters. The summed E-state index contributed by atoms with van der Waals surface area (Å²) in [5, 5.41) is 9.20. The zero-order chi connectivity index (χ0) is 16.1. The molecular weight excluding hydrogens is 385 g/mol. The summed E-state index contributed by atoms with van der Waals surface area (Å²) in [4.78, 5) is 21.1. The predicted molar refractivity (Wildman–Crippen MR) is 90.8 cm³/mol. The summed E-state index contributed by atoms with van der Waals surface area (Å²) in [7, 11) is 3.34. The van der Waals surface area contributed by atoms with Gasteiger partial charge < -0.3 is 15.4 Å². The van der Waals surface area contributed by atoms with E-state index in [0.717, 1.165) is 19.8 Å². The molecule has 0 aliphatic rings. The topological polar surface area (TPSA) is 97.3 Å². The number of pyridine rings is 1. The minimum absolute atomic E-state index is 0.176. The first-order valence-corrected chi connectivity index (χ1v) is 7.42. The van der Waals surface area contributed by atoms with Crippen molar-refractivity contribution in [3.8, 4) is 0 Å². The molecule has 3 N–H and O–H groups in total. The number of amides is 1. The molecule has 0 aliphatic carbocycles. The molecule has 0 aromatic carbocycles. The molecule has 0 bridgehead atoms. The third-order valence-electron chi connectivity index (χ3n) is 3.24. The van der Waals surface area contributed by atoms with Crippen LogP contribution in [0.2, 0.25) is 0 Å². The molecule has 0 spiro atoms. The molecule has 1 amide bonds. The number of nitrogens with two attached hydrogens (primary N) is 1. The second kappa shape index (κ2) is 5.00. The Balaban J connectivity index is 2.91. The average molecular weight is 403 g/mol. The van der Waals surface area contributed by atoms with Crippen LogP contribution in [0, 0.1) is 3.57 Å². The van der Waals surface area contributed by atoms with Gasteiger partial charge in [0.05, 0.1) is 9.09 Å². The van der Waals surface area contributed by atoms with Crippen molar-refractivity contribution < 1.29 is 9.90 Å². The fraction of sp³-hybridized carbons (Fsp3) is 0.462. The van der Waals surface area contributed by atoms with Gasteiger partial charge >= 0.3 is 6.09 Å². The van der Waals surface area contributed by atoms with Crippen LogP contribution < -0.4 is 10.6 Å². The van der Waals surface area contributed by atoms with E-state index in [-0.39, 0.29) is 11.2 Å². The van der Waals surface area contributed by atoms with Gasteiger partial charge in [-0.2, -0.15) is 0 Å². The highest BCUT2D eigenvalue weighted by molar-refractivity contribution is 14.1. The molecule has 114 valence electrons. The van der Waals surface area contributed by atoms with E-state index in [2.05, 4.69) is 53.3 Å². The molecule has 21 heavy (non-hydrogen) atoms. The minimum atomic E-state index is -1.10. The number of rotatable bonds is 1. The lowest BCUT2D eigenvalue weighted by atomic mass is 9.96. The monoisotopic (exact) mass is 403 g/mol. The number of hydrogen-bond acceptors (Lipinski definition) is 4. The zero-order valence-corrected chi connectivity index (χ0v) is 14.8. The highest BCUT2D eigenvalue weighted by Crippen LogP contribution is 2.34. The molecule has 0 saturated carbocycles. The van der Waals surface area contributed by atoms with Crippen molar-refractivity contribution in [1.82, 2.24) is 14.5 Å². The number of aromatic nitrogens is 3. The average Bonchev–Trinajstić information content (AvgIpc) is 2.71. The van der Waals surface area contributed by atoms with E-state index in [1.54, 1.807) is 0 Å². The molecule has 2 aromatic heterocycles. The van der Waals surface area contributed by atoms with E-state index in [0.29, 0.717) is 11.3 Å². The van der Waals surface area contributed by atoms with Crippen molar-refractivity contribution in [3.05, 3.63) is 9.39 Å². The van der Waals surface area contributed by atoms with Crippen molar-refractivity contribution in [3.63, 3.8) is 0 Å². The van der Waals surface area contributed by atoms with Gasteiger partial charge in [0.25, 0.3) is 0 Å². The number of nitrogens with zero attached hydrogens (tertiary/aromatic N) is 4. The molecule has 8 heteroatoms. The highest BCUT2D eigenvalue weighted by Gasteiger charge is 2.27. The Morgan fingerprint density at radius 1 is 1.38 bits per heavy atom. The van der Waals surface area contributed by atoms with Crippen molar-refractivity contribution in [1.29, 1.82) is 0 Å². The summed E-state index contributed by atoms with van der Waals surface area (Å²) in [5.74, 6) is 1.40. The number of carbonyl (C=O) groups is 1. The Kier molecular flexibility index (Phi) is 3.77. The molecule has 0 fully saturated rings. The first kappa shape index (κ1) is 15.8. The van der Waals surface area contributed by atoms with Crippen LogP contribution in [0.25, 0.3) is 11.0 Å². The van der Waals surface area contributed by atoms with Crippen molar-refractivity contribution >= 4 is 51.4 Å². The third-order valence-corrected chi connectivity index (χ3v) is 4.31. The lowest BCUT2D eigenvalue weighted by molar-refractivity contribution is 0.203. The van der Waals surface area contributed by atoms with Crippen LogP contribution in [0.4, 0.5) is 16.4 Å². The molecular formula is C13H18IN5O2. The molecule has 2 heterocycles. The lowest BCUT2D eigenvalue weighted by Gasteiger charge is -2.17. The fourth-order valence-corrected chi connectivity index (χ4v) is 2.98. The molecule has 0 aliphatic heterocycles. The number of carboxylic acid groups (broad SMARTS) is 1. The second-order valence-corrected chi connectivity index (χ2v) is 7.00. The van der Waals surface area contributed by atoms with E-state index in [4.69, 9.17) is 5.73 Å². The summed E-state index contributed by atoms with van der Waals surface area (Å²) in [6, 6.07) is 0. The summed E-state index contributed by atoms with van der Waals surface area (Å²) >= 11 is 2.11. The second-order valence-electron chi connectivity index (χ2n) is 5.92. The van der Waals surface area contributed by atoms with Gasteiger partial charge in [-0.1, -0.05) is 20.8 Å². The number of aryl methyl sites for hydroxylation is 1. The lowest BCUT2D eigenvalue weighted by Crippen LogP contribution is -2.25. The van der Waals surface area contributed by atoms with Crippen LogP contribution in [-0.2, 0) is 12.5 Å². The normalized spacial score (nSPS) is 11.9. The molecule has 0 radical (unpaired) electrons. The first-order valence-electron chi connectivity index (χ1n) is 6.34. The Labute approximate surface area is 136 Å². The number of nitrogen functional groups attached to an aromatic ring is 1. The van der Waals surface area contributed by atoms with Gasteiger partial charge in [-0.25, -0.2) is 14.8 Å². The van der Waals surface area contributed by atoms with E-state index < -0.39 is 6.09 Å². The van der Waals surface area contributed by atoms with Crippen molar-refractivity contribution in [2.45, 2.75) is 26.2 Å². The van der Waals surface area contributed by atoms with Crippen LogP contribution >= 0.6 is 22.6 Å². The predicted octanol–water partition coefficient (Wildman–Crippen LogP) is 2.57. The third kappa shape index (κ3) is 2.52. The molecule has 2 aromatic rings. The fourth-order valence-electron chi connectivity index (χ4n) is 2.24. The maximum Gasteiger partial charge on any atom is 0.412 e. The van der Waals surface area contributed by atoms with Crippen LogP contribution in [0.3, 0.4) is 0 Å². The van der Waals surface area contributed by atoms with Gasteiger partial charge in [0.2, 0.25) is 0 Å². The Bertz CT molecular complexity index is 732. The Morgan fingerprint density at radius 3 is 2.43 bits per heavy atom. The highest BCUT2D eigenvalue weighted by atomic mass is 127. The minimum Gasteiger partial charge on any atom is -0.465 e. The smallest absolute Gasteiger partial charge is 0.412 e. The van der Waals surface area contributed by atoms with Gasteiger partial charge in [-0.15, -0.1) is 0 Å². The van der Waals surface area contributed by atoms with Crippen LogP contribution in [0.1, 0.15) is 26.6 Å². The number of fused-ring (bicyclic) bond motifs is 1. The van der Waals surface area contributed by atoms with E-state index in [1.165, 1.54) is 7.05 Å². The summed E-state index contributed by atoms with van der Waals surface area (Å²) in [6.07, 6.45) is -1.10. The van der Waals surface area contributed by atoms with Gasteiger partial charge in [-0.05, 0) is 22.6 Å². The summed E-state index contributed by atoms with van der Waals surface area (Å²) in [5.41, 5.74) is 7.11. The van der Waals surface area contributed by atoms with Crippen LogP contribution in [0.5, 0.6) is 0 Å². The van der Waals surface area contributed by atoms with Gasteiger partial charge in [0.15, 0.2) is 5.82 Å². The summed E-state index contributed by atoms with van der Waals surface area (Å²) < 4.78 is 2.73. The number of hydrogen-bond donors (Lipinski definition) is 2. The van der Waals surface area contributed by atoms with E-state index >= 15 is 0 Å². The number of imidazole rings is 1. The largest absolute Gasteiger partial charge is 0.465 e. The molecule has 0 saturated heterocycles. The Morgan fingerprint density at radius 2 is 1.95 bits per heavy atom. The zero-order valence-electron chi connectivity index (χ0n) is 12.6. The summed E-state index contributed by atoms with van der Waals surface area (Å²) in [6.45, 7) is 6.16. The number of halogens is 1. The number of anilines is 2. The SMILES string of the molecule is CN(C(=O)O)c1nc(N)c(I)c2c1nc(C(C)(C)C)n2C. The van der Waals surface area contributed by atoms with E-state index in [9.17, 15) is 9.90 Å². The van der Waals surface area contributed by atoms with Gasteiger partial charge in [0, 0.05) is 19.5 Å². The molecule has 2 rings (SSSR count). The van der Waals surface area contributed by atoms with Crippen LogP contribution in [-0.4, -0.2) is 32.8 Å². The van der Waals surface area contributed by atoms with Crippen molar-refractivity contribution in [2.24, 2.45) is 7.05 Å². The molecule has 7 nitrogen and oxygen atoms in total. The van der Waals surface area contributed by atoms with Gasteiger partial charge in [0.1, 0.15) is 17.2 Å². The van der Waals surface area contributed by atoms with E-state index in [1.807, 2.05) is 11.6 Å². The Hall–Kier alpha value is -1.58. The first-order chi connectivity index (χ1) is 9.55. The molecule has 0 atom stereocenters. The van der Waals surface area contributed by atoms with Gasteiger partial charge in [-0.3, -0.25) is 4.90 Å². The van der Waals surface area contributed by atoms with Crippen molar-refractivity contribution in [2.75, 3.05) is 17.7 Å².